The molecule has 3 nitrogen and oxygen atoms in total. The van der Waals surface area contributed by atoms with Crippen LogP contribution in [0, 0.1) is 0 Å². The molecule has 0 fully saturated rings. The molecule has 3 heteroatoms. The van der Waals surface area contributed by atoms with Crippen molar-refractivity contribution in [1.29, 1.82) is 0 Å². The number of hydrogen-bond donors (Lipinski definition) is 1. The first-order valence-corrected chi connectivity index (χ1v) is 5.92. The fourth-order valence-corrected chi connectivity index (χ4v) is 2.20. The van der Waals surface area contributed by atoms with E-state index in [1.807, 2.05) is 31.1 Å². The zero-order valence-corrected chi connectivity index (χ0v) is 10.6. The first-order valence-electron chi connectivity index (χ1n) is 5.92. The predicted molar refractivity (Wildman–Crippen MR) is 69.9 cm³/mol. The quantitative estimate of drug-likeness (QED) is 0.873. The number of nitrogens with one attached hydrogen (secondary N) is 1. The standard InChI is InChI=1S/C14H19N3/c1-11(12-7-5-4-6-8-12)14(15-2)13-9-17(3)10-16-13/h4-11,14-15H,1-3H3. The third kappa shape index (κ3) is 2.56. The molecular formula is C14H19N3. The van der Waals surface area contributed by atoms with Gasteiger partial charge in [-0.25, -0.2) is 4.98 Å². The third-order valence-electron chi connectivity index (χ3n) is 3.18. The van der Waals surface area contributed by atoms with Gasteiger partial charge in [0.25, 0.3) is 0 Å². The Kier molecular flexibility index (Phi) is 3.59. The number of rotatable bonds is 4. The van der Waals surface area contributed by atoms with Gasteiger partial charge in [0, 0.05) is 19.2 Å². The Morgan fingerprint density at radius 3 is 2.47 bits per heavy atom. The summed E-state index contributed by atoms with van der Waals surface area (Å²) in [5.41, 5.74) is 2.42. The number of imidazole rings is 1. The first kappa shape index (κ1) is 11.9. The summed E-state index contributed by atoms with van der Waals surface area (Å²) in [7, 11) is 3.98. The van der Waals surface area contributed by atoms with Crippen LogP contribution in [0.4, 0.5) is 0 Å². The van der Waals surface area contributed by atoms with Crippen molar-refractivity contribution in [3.8, 4) is 0 Å². The zero-order valence-electron chi connectivity index (χ0n) is 10.6. The molecule has 2 aromatic rings. The highest BCUT2D eigenvalue weighted by Crippen LogP contribution is 2.28. The van der Waals surface area contributed by atoms with Crippen LogP contribution in [0.1, 0.15) is 30.1 Å². The van der Waals surface area contributed by atoms with Crippen molar-refractivity contribution in [2.45, 2.75) is 18.9 Å². The van der Waals surface area contributed by atoms with E-state index in [1.165, 1.54) is 5.56 Å². The molecule has 90 valence electrons. The summed E-state index contributed by atoms with van der Waals surface area (Å²) in [6.45, 7) is 2.23. The Balaban J connectivity index is 2.25. The summed E-state index contributed by atoms with van der Waals surface area (Å²) in [4.78, 5) is 4.43. The van der Waals surface area contributed by atoms with Crippen LogP contribution in [0.5, 0.6) is 0 Å². The average molecular weight is 229 g/mol. The van der Waals surface area contributed by atoms with Crippen LogP contribution in [0.3, 0.4) is 0 Å². The van der Waals surface area contributed by atoms with Crippen LogP contribution in [0.2, 0.25) is 0 Å². The lowest BCUT2D eigenvalue weighted by Gasteiger charge is -2.22. The molecule has 0 aliphatic rings. The van der Waals surface area contributed by atoms with Crippen LogP contribution in [-0.4, -0.2) is 16.6 Å². The van der Waals surface area contributed by atoms with Crippen molar-refractivity contribution < 1.29 is 0 Å². The average Bonchev–Trinajstić information content (AvgIpc) is 2.78. The highest BCUT2D eigenvalue weighted by Gasteiger charge is 2.20. The predicted octanol–water partition coefficient (Wildman–Crippen LogP) is 2.48. The van der Waals surface area contributed by atoms with Crippen LogP contribution in [-0.2, 0) is 7.05 Å². The Labute approximate surface area is 103 Å². The minimum atomic E-state index is 0.249. The number of hydrogen-bond acceptors (Lipinski definition) is 2. The highest BCUT2D eigenvalue weighted by atomic mass is 15.0. The SMILES string of the molecule is CNC(c1cn(C)cn1)C(C)c1ccccc1. The zero-order chi connectivity index (χ0) is 12.3. The van der Waals surface area contributed by atoms with E-state index in [0.717, 1.165) is 5.69 Å². The van der Waals surface area contributed by atoms with Gasteiger partial charge in [-0.1, -0.05) is 37.3 Å². The molecule has 1 aromatic carbocycles. The van der Waals surface area contributed by atoms with Gasteiger partial charge in [-0.05, 0) is 12.6 Å². The molecule has 1 heterocycles. The van der Waals surface area contributed by atoms with E-state index in [-0.39, 0.29) is 6.04 Å². The first-order chi connectivity index (χ1) is 8.22. The molecule has 0 bridgehead atoms. The summed E-state index contributed by atoms with van der Waals surface area (Å²) >= 11 is 0. The smallest absolute Gasteiger partial charge is 0.0947 e. The normalized spacial score (nSPS) is 14.5. The van der Waals surface area contributed by atoms with Crippen molar-refractivity contribution >= 4 is 0 Å². The third-order valence-corrected chi connectivity index (χ3v) is 3.18. The molecule has 2 unspecified atom stereocenters. The molecule has 0 radical (unpaired) electrons. The number of benzene rings is 1. The molecule has 1 aromatic heterocycles. The van der Waals surface area contributed by atoms with Crippen molar-refractivity contribution in [3.05, 3.63) is 54.1 Å². The van der Waals surface area contributed by atoms with E-state index in [4.69, 9.17) is 0 Å². The fourth-order valence-electron chi connectivity index (χ4n) is 2.20. The van der Waals surface area contributed by atoms with Crippen molar-refractivity contribution in [3.63, 3.8) is 0 Å². The van der Waals surface area contributed by atoms with Gasteiger partial charge in [0.15, 0.2) is 0 Å². The molecule has 0 saturated carbocycles. The number of likely N-dealkylation sites (N-methyl/N-ethyl adjacent to an activating group) is 1. The molecular weight excluding hydrogens is 210 g/mol. The maximum Gasteiger partial charge on any atom is 0.0947 e. The van der Waals surface area contributed by atoms with Crippen molar-refractivity contribution in [1.82, 2.24) is 14.9 Å². The molecule has 0 aliphatic carbocycles. The Morgan fingerprint density at radius 2 is 1.94 bits per heavy atom. The van der Waals surface area contributed by atoms with Crippen LogP contribution < -0.4 is 5.32 Å². The van der Waals surface area contributed by atoms with Crippen LogP contribution in [0.25, 0.3) is 0 Å². The van der Waals surface area contributed by atoms with E-state index in [2.05, 4.69) is 47.7 Å². The molecule has 2 atom stereocenters. The maximum absolute atomic E-state index is 4.43. The van der Waals surface area contributed by atoms with E-state index in [0.29, 0.717) is 5.92 Å². The van der Waals surface area contributed by atoms with Gasteiger partial charge in [-0.15, -0.1) is 0 Å². The molecule has 0 aliphatic heterocycles. The van der Waals surface area contributed by atoms with E-state index < -0.39 is 0 Å². The van der Waals surface area contributed by atoms with Gasteiger partial charge in [-0.2, -0.15) is 0 Å². The highest BCUT2D eigenvalue weighted by molar-refractivity contribution is 5.23. The Hall–Kier alpha value is -1.61. The number of nitrogens with zero attached hydrogens (tertiary/aromatic N) is 2. The van der Waals surface area contributed by atoms with Gasteiger partial charge >= 0.3 is 0 Å². The molecule has 0 amide bonds. The molecule has 17 heavy (non-hydrogen) atoms. The van der Waals surface area contributed by atoms with Crippen molar-refractivity contribution in [2.24, 2.45) is 7.05 Å². The lowest BCUT2D eigenvalue weighted by Crippen LogP contribution is -2.22. The summed E-state index contributed by atoms with van der Waals surface area (Å²) in [5.74, 6) is 0.399. The lowest BCUT2D eigenvalue weighted by molar-refractivity contribution is 0.497. The fraction of sp³-hybridized carbons (Fsp3) is 0.357. The Bertz CT molecular complexity index is 461. The van der Waals surface area contributed by atoms with E-state index in [1.54, 1.807) is 0 Å². The largest absolute Gasteiger partial charge is 0.340 e. The van der Waals surface area contributed by atoms with E-state index in [9.17, 15) is 0 Å². The minimum absolute atomic E-state index is 0.249. The molecule has 2 rings (SSSR count). The van der Waals surface area contributed by atoms with Crippen LogP contribution >= 0.6 is 0 Å². The topological polar surface area (TPSA) is 29.9 Å². The Morgan fingerprint density at radius 1 is 1.24 bits per heavy atom. The summed E-state index contributed by atoms with van der Waals surface area (Å²) in [5, 5.41) is 3.35. The van der Waals surface area contributed by atoms with Crippen LogP contribution in [0.15, 0.2) is 42.9 Å². The second kappa shape index (κ2) is 5.15. The second-order valence-electron chi connectivity index (χ2n) is 4.43. The molecule has 1 N–H and O–H groups in total. The van der Waals surface area contributed by atoms with Gasteiger partial charge in [0.05, 0.1) is 18.1 Å². The maximum atomic E-state index is 4.43. The summed E-state index contributed by atoms with van der Waals surface area (Å²) < 4.78 is 1.98. The minimum Gasteiger partial charge on any atom is -0.340 e. The summed E-state index contributed by atoms with van der Waals surface area (Å²) in [6.07, 6.45) is 3.91. The summed E-state index contributed by atoms with van der Waals surface area (Å²) in [6, 6.07) is 10.8. The van der Waals surface area contributed by atoms with Gasteiger partial charge < -0.3 is 9.88 Å². The van der Waals surface area contributed by atoms with E-state index >= 15 is 0 Å². The molecule has 0 spiro atoms. The number of aromatic nitrogens is 2. The second-order valence-corrected chi connectivity index (χ2v) is 4.43. The monoisotopic (exact) mass is 229 g/mol. The van der Waals surface area contributed by atoms with Gasteiger partial charge in [0.2, 0.25) is 0 Å². The van der Waals surface area contributed by atoms with Gasteiger partial charge in [-0.3, -0.25) is 0 Å². The van der Waals surface area contributed by atoms with Gasteiger partial charge in [0.1, 0.15) is 0 Å². The lowest BCUT2D eigenvalue weighted by atomic mass is 9.92. The van der Waals surface area contributed by atoms with Crippen molar-refractivity contribution in [2.75, 3.05) is 7.05 Å². The number of aryl methyl sites for hydroxylation is 1. The molecule has 0 saturated heterocycles.